The van der Waals surface area contributed by atoms with Crippen LogP contribution in [-0.4, -0.2) is 0 Å². The highest BCUT2D eigenvalue weighted by Gasteiger charge is 2.27. The van der Waals surface area contributed by atoms with E-state index in [9.17, 15) is 0 Å². The standard InChI is InChI=1S/C61H45N3O2/c1-3-49(63-54-17-7-11-21-58(54)65-59-22-12-8-18-55(59)63)34-25-43(2)44-26-35-50(36-27-44)62(51-37-28-46(29-38-51)45-15-5-4-6-16-45)52-39-30-47(31-40-52)48-32-41-53(42-33-48)64-56-19-9-13-23-60(56)66-61-24-14-10-20-57(61)64/h3-42H,1H2,2H3/b43-25+,49-34+. The van der Waals surface area contributed by atoms with Gasteiger partial charge in [-0.1, -0.05) is 140 Å². The van der Waals surface area contributed by atoms with Gasteiger partial charge in [0.25, 0.3) is 0 Å². The number of rotatable bonds is 10. The number of fused-ring (bicyclic) bond motifs is 4. The zero-order valence-corrected chi connectivity index (χ0v) is 36.5. The van der Waals surface area contributed by atoms with E-state index in [0.717, 1.165) is 96.5 Å². The van der Waals surface area contributed by atoms with Crippen LogP contribution in [-0.2, 0) is 0 Å². The second-order valence-corrected chi connectivity index (χ2v) is 16.3. The van der Waals surface area contributed by atoms with Gasteiger partial charge in [0.1, 0.15) is 0 Å². The number of benzene rings is 9. The lowest BCUT2D eigenvalue weighted by Crippen LogP contribution is -2.19. The fourth-order valence-electron chi connectivity index (χ4n) is 8.87. The van der Waals surface area contributed by atoms with Crippen molar-refractivity contribution in [3.05, 3.63) is 261 Å². The van der Waals surface area contributed by atoms with Gasteiger partial charge < -0.3 is 24.2 Å². The third-order valence-electron chi connectivity index (χ3n) is 12.2. The van der Waals surface area contributed by atoms with E-state index in [1.807, 2.05) is 66.7 Å². The molecule has 0 amide bonds. The molecule has 5 heteroatoms. The SMILES string of the molecule is C=C/C(=C\C=C(/C)c1ccc(N(c2ccc(-c3ccccc3)cc2)c2ccc(-c3ccc(N4c5ccccc5Oc5ccccc54)cc3)cc2)cc1)N1c2ccccc2Oc2ccccc21. The lowest BCUT2D eigenvalue weighted by Gasteiger charge is -2.33. The maximum Gasteiger partial charge on any atom is 0.151 e. The van der Waals surface area contributed by atoms with E-state index in [4.69, 9.17) is 9.47 Å². The van der Waals surface area contributed by atoms with Gasteiger partial charge >= 0.3 is 0 Å². The molecule has 0 unspecified atom stereocenters. The van der Waals surface area contributed by atoms with Crippen LogP contribution in [0.15, 0.2) is 255 Å². The molecule has 0 fully saturated rings. The normalized spacial score (nSPS) is 12.7. The topological polar surface area (TPSA) is 28.2 Å². The summed E-state index contributed by atoms with van der Waals surface area (Å²) in [4.78, 5) is 6.80. The van der Waals surface area contributed by atoms with Gasteiger partial charge in [-0.2, -0.15) is 0 Å². The summed E-state index contributed by atoms with van der Waals surface area (Å²) < 4.78 is 12.5. The molecule has 0 radical (unpaired) electrons. The Hall–Kier alpha value is -8.80. The van der Waals surface area contributed by atoms with Crippen molar-refractivity contribution in [1.82, 2.24) is 0 Å². The summed E-state index contributed by atoms with van der Waals surface area (Å²) in [5.41, 5.74) is 16.1. The van der Waals surface area contributed by atoms with Crippen LogP contribution in [0.3, 0.4) is 0 Å². The molecule has 0 aliphatic carbocycles. The third kappa shape index (κ3) is 7.59. The molecule has 316 valence electrons. The predicted octanol–water partition coefficient (Wildman–Crippen LogP) is 17.5. The number of nitrogens with zero attached hydrogens (tertiary/aromatic N) is 3. The maximum atomic E-state index is 6.26. The summed E-state index contributed by atoms with van der Waals surface area (Å²) in [5, 5.41) is 0. The van der Waals surface area contributed by atoms with E-state index in [0.29, 0.717) is 0 Å². The second-order valence-electron chi connectivity index (χ2n) is 16.3. The Morgan fingerprint density at radius 1 is 0.409 bits per heavy atom. The van der Waals surface area contributed by atoms with Crippen LogP contribution in [0.25, 0.3) is 27.8 Å². The Labute approximate surface area is 386 Å². The first-order chi connectivity index (χ1) is 32.6. The minimum Gasteiger partial charge on any atom is -0.453 e. The molecule has 2 heterocycles. The Kier molecular flexibility index (Phi) is 10.5. The fraction of sp³-hybridized carbons (Fsp3) is 0.0164. The van der Waals surface area contributed by atoms with Crippen LogP contribution in [0.5, 0.6) is 23.0 Å². The van der Waals surface area contributed by atoms with Crippen molar-refractivity contribution in [1.29, 1.82) is 0 Å². The number of para-hydroxylation sites is 8. The summed E-state index contributed by atoms with van der Waals surface area (Å²) >= 11 is 0. The zero-order valence-electron chi connectivity index (χ0n) is 36.5. The number of ether oxygens (including phenoxy) is 2. The summed E-state index contributed by atoms with van der Waals surface area (Å²) in [7, 11) is 0. The quantitative estimate of drug-likeness (QED) is 0.128. The van der Waals surface area contributed by atoms with E-state index in [1.165, 1.54) is 11.1 Å². The Morgan fingerprint density at radius 3 is 1.26 bits per heavy atom. The minimum absolute atomic E-state index is 0.811. The average Bonchev–Trinajstić information content (AvgIpc) is 3.38. The Morgan fingerprint density at radius 2 is 0.788 bits per heavy atom. The van der Waals surface area contributed by atoms with Gasteiger partial charge in [0, 0.05) is 28.4 Å². The summed E-state index contributed by atoms with van der Waals surface area (Å²) in [6, 6.07) is 78.4. The van der Waals surface area contributed by atoms with Crippen molar-refractivity contribution >= 4 is 51.1 Å². The second kappa shape index (κ2) is 17.4. The predicted molar refractivity (Wildman–Crippen MR) is 274 cm³/mol. The first-order valence-corrected chi connectivity index (χ1v) is 22.2. The molecule has 2 aliphatic rings. The van der Waals surface area contributed by atoms with Gasteiger partial charge in [-0.3, -0.25) is 0 Å². The van der Waals surface area contributed by atoms with Gasteiger partial charge in [-0.25, -0.2) is 0 Å². The number of hydrogen-bond acceptors (Lipinski definition) is 5. The fourth-order valence-corrected chi connectivity index (χ4v) is 8.87. The Balaban J connectivity index is 0.893. The molecule has 0 N–H and O–H groups in total. The molecule has 0 saturated heterocycles. The molecule has 66 heavy (non-hydrogen) atoms. The van der Waals surface area contributed by atoms with Crippen molar-refractivity contribution in [2.24, 2.45) is 0 Å². The molecule has 9 aromatic rings. The highest BCUT2D eigenvalue weighted by atomic mass is 16.5. The Bertz CT molecular complexity index is 3170. The van der Waals surface area contributed by atoms with Crippen LogP contribution in [0.4, 0.5) is 45.5 Å². The largest absolute Gasteiger partial charge is 0.453 e. The van der Waals surface area contributed by atoms with Crippen molar-refractivity contribution in [2.45, 2.75) is 6.92 Å². The van der Waals surface area contributed by atoms with Gasteiger partial charge in [0.2, 0.25) is 0 Å². The molecular formula is C61H45N3O2. The highest BCUT2D eigenvalue weighted by molar-refractivity contribution is 5.88. The van der Waals surface area contributed by atoms with Crippen molar-refractivity contribution in [3.63, 3.8) is 0 Å². The molecular weight excluding hydrogens is 807 g/mol. The average molecular weight is 852 g/mol. The highest BCUT2D eigenvalue weighted by Crippen LogP contribution is 2.51. The van der Waals surface area contributed by atoms with Crippen LogP contribution in [0, 0.1) is 0 Å². The van der Waals surface area contributed by atoms with Crippen molar-refractivity contribution in [2.75, 3.05) is 14.7 Å². The van der Waals surface area contributed by atoms with Crippen LogP contribution in [0.1, 0.15) is 12.5 Å². The van der Waals surface area contributed by atoms with E-state index in [1.54, 1.807) is 0 Å². The zero-order chi connectivity index (χ0) is 44.4. The lowest BCUT2D eigenvalue weighted by molar-refractivity contribution is 0.476. The molecule has 0 bridgehead atoms. The van der Waals surface area contributed by atoms with Gasteiger partial charge in [0.15, 0.2) is 23.0 Å². The molecule has 5 nitrogen and oxygen atoms in total. The van der Waals surface area contributed by atoms with Crippen LogP contribution in [0.2, 0.25) is 0 Å². The monoisotopic (exact) mass is 851 g/mol. The summed E-state index contributed by atoms with van der Waals surface area (Å²) in [6.07, 6.45) is 6.19. The number of anilines is 8. The first-order valence-electron chi connectivity index (χ1n) is 22.2. The molecule has 9 aromatic carbocycles. The number of allylic oxidation sites excluding steroid dienone is 4. The van der Waals surface area contributed by atoms with E-state index in [2.05, 4.69) is 204 Å². The third-order valence-corrected chi connectivity index (χ3v) is 12.2. The van der Waals surface area contributed by atoms with E-state index < -0.39 is 0 Å². The molecule has 0 spiro atoms. The lowest BCUT2D eigenvalue weighted by atomic mass is 10.0. The molecule has 0 aromatic heterocycles. The van der Waals surface area contributed by atoms with Crippen molar-refractivity contribution < 1.29 is 9.47 Å². The molecule has 11 rings (SSSR count). The minimum atomic E-state index is 0.811. The smallest absolute Gasteiger partial charge is 0.151 e. The molecule has 2 aliphatic heterocycles. The maximum absolute atomic E-state index is 6.26. The van der Waals surface area contributed by atoms with Crippen molar-refractivity contribution in [3.8, 4) is 45.3 Å². The summed E-state index contributed by atoms with van der Waals surface area (Å²) in [6.45, 7) is 6.36. The van der Waals surface area contributed by atoms with Crippen LogP contribution < -0.4 is 24.2 Å². The van der Waals surface area contributed by atoms with Crippen LogP contribution >= 0.6 is 0 Å². The number of hydrogen-bond donors (Lipinski definition) is 0. The first kappa shape index (κ1) is 40.0. The van der Waals surface area contributed by atoms with E-state index >= 15 is 0 Å². The molecule has 0 saturated carbocycles. The van der Waals surface area contributed by atoms with Gasteiger partial charge in [-0.05, 0) is 150 Å². The van der Waals surface area contributed by atoms with Gasteiger partial charge in [-0.15, -0.1) is 0 Å². The van der Waals surface area contributed by atoms with Gasteiger partial charge in [0.05, 0.1) is 22.7 Å². The summed E-state index contributed by atoms with van der Waals surface area (Å²) in [5.74, 6) is 3.30. The van der Waals surface area contributed by atoms with E-state index in [-0.39, 0.29) is 0 Å². The molecule has 0 atom stereocenters.